The van der Waals surface area contributed by atoms with Crippen molar-refractivity contribution in [2.75, 3.05) is 26.4 Å². The van der Waals surface area contributed by atoms with Crippen molar-refractivity contribution in [3.8, 4) is 0 Å². The van der Waals surface area contributed by atoms with Gasteiger partial charge in [0.15, 0.2) is 11.6 Å². The van der Waals surface area contributed by atoms with Gasteiger partial charge in [-0.15, -0.1) is 0 Å². The van der Waals surface area contributed by atoms with E-state index in [1.165, 1.54) is 0 Å². The van der Waals surface area contributed by atoms with Crippen LogP contribution in [0.1, 0.15) is 58.8 Å². The lowest BCUT2D eigenvalue weighted by atomic mass is 9.43. The summed E-state index contributed by atoms with van der Waals surface area (Å²) in [4.78, 5) is 0. The number of ether oxygens (including phenoxy) is 5. The molecular formula is C23H34O6. The molecule has 0 aromatic rings. The Morgan fingerprint density at radius 2 is 1.59 bits per heavy atom. The first-order valence-electron chi connectivity index (χ1n) is 11.8. The number of aliphatic hydroxyl groups is 1. The van der Waals surface area contributed by atoms with E-state index in [1.54, 1.807) is 0 Å². The Morgan fingerprint density at radius 3 is 2.34 bits per heavy atom. The van der Waals surface area contributed by atoms with Crippen LogP contribution in [0.5, 0.6) is 0 Å². The van der Waals surface area contributed by atoms with Gasteiger partial charge in [-0.25, -0.2) is 0 Å². The number of fused-ring (bicyclic) bond motifs is 5. The van der Waals surface area contributed by atoms with Crippen LogP contribution in [0.25, 0.3) is 0 Å². The Balaban J connectivity index is 1.26. The highest BCUT2D eigenvalue weighted by atomic mass is 16.7. The van der Waals surface area contributed by atoms with Gasteiger partial charge in [0, 0.05) is 30.1 Å². The molecule has 0 bridgehead atoms. The van der Waals surface area contributed by atoms with Crippen LogP contribution in [0.2, 0.25) is 0 Å². The minimum Gasteiger partial charge on any atom is -0.393 e. The topological polar surface area (TPSA) is 69.7 Å². The molecule has 29 heavy (non-hydrogen) atoms. The van der Waals surface area contributed by atoms with Gasteiger partial charge < -0.3 is 28.8 Å². The first kappa shape index (κ1) is 18.3. The molecule has 3 aliphatic heterocycles. The lowest BCUT2D eigenvalue weighted by Gasteiger charge is -2.62. The van der Waals surface area contributed by atoms with Gasteiger partial charge in [0.25, 0.3) is 0 Å². The summed E-state index contributed by atoms with van der Waals surface area (Å²) < 4.78 is 31.2. The van der Waals surface area contributed by atoms with Gasteiger partial charge in [-0.1, -0.05) is 13.8 Å². The molecule has 7 rings (SSSR count). The average molecular weight is 407 g/mol. The van der Waals surface area contributed by atoms with Crippen LogP contribution in [0, 0.1) is 28.6 Å². The predicted octanol–water partition coefficient (Wildman–Crippen LogP) is 2.62. The number of hydrogen-bond donors (Lipinski definition) is 1. The summed E-state index contributed by atoms with van der Waals surface area (Å²) in [5.41, 5.74) is -0.305. The Kier molecular flexibility index (Phi) is 3.41. The highest BCUT2D eigenvalue weighted by Crippen LogP contribution is 2.75. The van der Waals surface area contributed by atoms with Crippen molar-refractivity contribution in [2.45, 2.75) is 88.2 Å². The van der Waals surface area contributed by atoms with Crippen molar-refractivity contribution in [3.05, 3.63) is 0 Å². The van der Waals surface area contributed by atoms with E-state index in [2.05, 4.69) is 13.8 Å². The molecule has 0 aromatic heterocycles. The summed E-state index contributed by atoms with van der Waals surface area (Å²) >= 11 is 0. The summed E-state index contributed by atoms with van der Waals surface area (Å²) in [6.45, 7) is 7.46. The second-order valence-electron chi connectivity index (χ2n) is 11.4. The maximum atomic E-state index is 11.6. The van der Waals surface area contributed by atoms with Crippen LogP contribution in [0.3, 0.4) is 0 Å². The molecule has 1 unspecified atom stereocenters. The van der Waals surface area contributed by atoms with Crippen LogP contribution < -0.4 is 0 Å². The van der Waals surface area contributed by atoms with E-state index in [1.807, 2.05) is 0 Å². The first-order valence-corrected chi connectivity index (χ1v) is 11.8. The molecule has 7 fully saturated rings. The van der Waals surface area contributed by atoms with E-state index in [0.717, 1.165) is 44.9 Å². The summed E-state index contributed by atoms with van der Waals surface area (Å²) in [5.74, 6) is 0.350. The van der Waals surface area contributed by atoms with E-state index in [-0.39, 0.29) is 34.6 Å². The Labute approximate surface area is 172 Å². The second-order valence-corrected chi connectivity index (χ2v) is 11.4. The largest absolute Gasteiger partial charge is 0.393 e. The highest BCUT2D eigenvalue weighted by Gasteiger charge is 2.80. The maximum absolute atomic E-state index is 11.6. The molecule has 6 heteroatoms. The van der Waals surface area contributed by atoms with Crippen LogP contribution in [-0.4, -0.2) is 60.9 Å². The van der Waals surface area contributed by atoms with Crippen molar-refractivity contribution in [1.29, 1.82) is 0 Å². The normalized spacial score (nSPS) is 58.7. The molecule has 0 radical (unpaired) electrons. The molecule has 8 atom stereocenters. The lowest BCUT2D eigenvalue weighted by molar-refractivity contribution is -0.271. The van der Waals surface area contributed by atoms with Crippen molar-refractivity contribution in [1.82, 2.24) is 0 Å². The summed E-state index contributed by atoms with van der Waals surface area (Å²) in [6, 6.07) is 0. The fourth-order valence-corrected chi connectivity index (χ4v) is 9.37. The molecule has 3 heterocycles. The Bertz CT molecular complexity index is 729. The lowest BCUT2D eigenvalue weighted by Crippen LogP contribution is -2.65. The molecule has 6 nitrogen and oxygen atoms in total. The van der Waals surface area contributed by atoms with E-state index in [4.69, 9.17) is 23.7 Å². The van der Waals surface area contributed by atoms with E-state index in [9.17, 15) is 5.11 Å². The van der Waals surface area contributed by atoms with Gasteiger partial charge in [0.05, 0.1) is 38.6 Å². The third kappa shape index (κ3) is 1.97. The molecule has 4 saturated carbocycles. The molecule has 3 spiro atoms. The zero-order chi connectivity index (χ0) is 19.7. The van der Waals surface area contributed by atoms with Gasteiger partial charge in [-0.05, 0) is 43.4 Å². The number of aliphatic hydroxyl groups excluding tert-OH is 1. The minimum absolute atomic E-state index is 0.0188. The molecular weight excluding hydrogens is 372 g/mol. The van der Waals surface area contributed by atoms with Crippen LogP contribution in [0.4, 0.5) is 0 Å². The van der Waals surface area contributed by atoms with Crippen LogP contribution in [-0.2, 0) is 23.7 Å². The quantitative estimate of drug-likeness (QED) is 0.624. The number of hydrogen-bond acceptors (Lipinski definition) is 6. The number of epoxide rings is 1. The molecule has 4 aliphatic carbocycles. The van der Waals surface area contributed by atoms with Crippen molar-refractivity contribution < 1.29 is 28.8 Å². The summed E-state index contributed by atoms with van der Waals surface area (Å²) in [7, 11) is 0. The molecule has 3 saturated heterocycles. The van der Waals surface area contributed by atoms with E-state index >= 15 is 0 Å². The van der Waals surface area contributed by atoms with Crippen LogP contribution in [0.15, 0.2) is 0 Å². The SMILES string of the molecule is C[C@]12C[C@H](O)[C@H]3[C@@H](CC4O[C@]45CC4(CC[C@]35C)OCCO4)[C@@H]1CCC21OCCO1. The smallest absolute Gasteiger partial charge is 0.174 e. The predicted molar refractivity (Wildman–Crippen MR) is 102 cm³/mol. The van der Waals surface area contributed by atoms with Gasteiger partial charge >= 0.3 is 0 Å². The van der Waals surface area contributed by atoms with E-state index in [0.29, 0.717) is 38.3 Å². The third-order valence-electron chi connectivity index (χ3n) is 10.6. The van der Waals surface area contributed by atoms with Crippen molar-refractivity contribution in [3.63, 3.8) is 0 Å². The van der Waals surface area contributed by atoms with Crippen LogP contribution >= 0.6 is 0 Å². The summed E-state index contributed by atoms with van der Waals surface area (Å²) in [6.07, 6.45) is 6.59. The third-order valence-corrected chi connectivity index (χ3v) is 10.6. The van der Waals surface area contributed by atoms with Gasteiger partial charge in [-0.2, -0.15) is 0 Å². The standard InChI is InChI=1S/C23H34O6/c1-19-5-6-21(25-7-8-26-21)13-22(19)17(29-22)11-14-15-3-4-23(27-9-10-28-23)20(15,2)12-16(24)18(14)19/h14-18,24H,3-13H2,1-2H3/t14-,15-,16-,17?,18+,19+,20-,22+/m0/s1. The zero-order valence-electron chi connectivity index (χ0n) is 17.7. The Morgan fingerprint density at radius 1 is 0.862 bits per heavy atom. The molecule has 0 amide bonds. The maximum Gasteiger partial charge on any atom is 0.174 e. The Hall–Kier alpha value is -0.240. The van der Waals surface area contributed by atoms with Crippen molar-refractivity contribution >= 4 is 0 Å². The van der Waals surface area contributed by atoms with Gasteiger partial charge in [-0.3, -0.25) is 0 Å². The zero-order valence-corrected chi connectivity index (χ0v) is 17.7. The summed E-state index contributed by atoms with van der Waals surface area (Å²) in [5, 5.41) is 11.6. The minimum atomic E-state index is -0.481. The molecule has 1 N–H and O–H groups in total. The molecule has 7 aliphatic rings. The monoisotopic (exact) mass is 406 g/mol. The fraction of sp³-hybridized carbons (Fsp3) is 1.00. The van der Waals surface area contributed by atoms with E-state index < -0.39 is 11.6 Å². The number of rotatable bonds is 0. The van der Waals surface area contributed by atoms with Crippen molar-refractivity contribution in [2.24, 2.45) is 28.6 Å². The fourth-order valence-electron chi connectivity index (χ4n) is 9.37. The first-order chi connectivity index (χ1) is 13.9. The molecule has 162 valence electrons. The van der Waals surface area contributed by atoms with Gasteiger partial charge in [0.1, 0.15) is 5.60 Å². The average Bonchev–Trinajstić information content (AvgIpc) is 3.06. The van der Waals surface area contributed by atoms with Gasteiger partial charge in [0.2, 0.25) is 0 Å². The highest BCUT2D eigenvalue weighted by molar-refractivity contribution is 5.27. The molecule has 0 aromatic carbocycles. The second kappa shape index (κ2) is 5.38.